The van der Waals surface area contributed by atoms with Gasteiger partial charge >= 0.3 is 6.03 Å². The van der Waals surface area contributed by atoms with Crippen LogP contribution in [-0.4, -0.2) is 30.4 Å². The van der Waals surface area contributed by atoms with Crippen molar-refractivity contribution in [1.82, 2.24) is 4.90 Å². The Bertz CT molecular complexity index is 882. The zero-order valence-corrected chi connectivity index (χ0v) is 18.3. The molecule has 2 aromatic rings. The van der Waals surface area contributed by atoms with Gasteiger partial charge in [0.25, 0.3) is 5.91 Å². The van der Waals surface area contributed by atoms with Crippen LogP contribution in [0.1, 0.15) is 59.4 Å². The third-order valence-electron chi connectivity index (χ3n) is 5.19. The Balaban J connectivity index is 1.90. The molecule has 1 aliphatic rings. The van der Waals surface area contributed by atoms with E-state index in [1.807, 2.05) is 0 Å². The van der Waals surface area contributed by atoms with Gasteiger partial charge in [-0.3, -0.25) is 15.0 Å². The number of hydrogen-bond acceptors (Lipinski definition) is 4. The summed E-state index contributed by atoms with van der Waals surface area (Å²) in [5.41, 5.74) is 7.77. The number of piperidine rings is 1. The number of nitrogens with two attached hydrogens (primary N) is 1. The summed E-state index contributed by atoms with van der Waals surface area (Å²) >= 11 is 7.36. The van der Waals surface area contributed by atoms with E-state index in [2.05, 4.69) is 29.5 Å². The van der Waals surface area contributed by atoms with Crippen LogP contribution in [0.5, 0.6) is 0 Å². The number of anilines is 2. The van der Waals surface area contributed by atoms with Crippen LogP contribution < -0.4 is 16.4 Å². The van der Waals surface area contributed by atoms with Crippen LogP contribution in [0, 0.1) is 0 Å². The minimum atomic E-state index is -0.504. The fourth-order valence-electron chi connectivity index (χ4n) is 3.80. The highest BCUT2D eigenvalue weighted by Crippen LogP contribution is 2.42. The van der Waals surface area contributed by atoms with Gasteiger partial charge in [0.15, 0.2) is 0 Å². The summed E-state index contributed by atoms with van der Waals surface area (Å²) in [4.78, 5) is 28.3. The van der Waals surface area contributed by atoms with Gasteiger partial charge in [0.05, 0.1) is 5.56 Å². The lowest BCUT2D eigenvalue weighted by Gasteiger charge is -2.32. The van der Waals surface area contributed by atoms with Gasteiger partial charge in [-0.1, -0.05) is 31.4 Å². The molecule has 3 rings (SSSR count). The van der Waals surface area contributed by atoms with Gasteiger partial charge in [-0.05, 0) is 62.7 Å². The molecule has 0 radical (unpaired) electrons. The first-order valence-corrected chi connectivity index (χ1v) is 11.1. The summed E-state index contributed by atoms with van der Waals surface area (Å²) < 4.78 is 0. The molecule has 8 heteroatoms. The van der Waals surface area contributed by atoms with E-state index >= 15 is 0 Å². The summed E-state index contributed by atoms with van der Waals surface area (Å²) in [5, 5.41) is 6.72. The number of likely N-dealkylation sites (tertiary alicyclic amines) is 1. The second-order valence-electron chi connectivity index (χ2n) is 7.34. The van der Waals surface area contributed by atoms with Crippen molar-refractivity contribution in [2.45, 2.75) is 45.1 Å². The zero-order valence-electron chi connectivity index (χ0n) is 16.8. The number of nitrogens with one attached hydrogen (secondary N) is 2. The van der Waals surface area contributed by atoms with Crippen molar-refractivity contribution in [2.75, 3.05) is 24.2 Å². The van der Waals surface area contributed by atoms with Crippen molar-refractivity contribution in [3.63, 3.8) is 0 Å². The van der Waals surface area contributed by atoms with Gasteiger partial charge < -0.3 is 11.1 Å². The van der Waals surface area contributed by atoms with Crippen LogP contribution in [0.3, 0.4) is 0 Å². The first-order valence-electron chi connectivity index (χ1n) is 9.89. The van der Waals surface area contributed by atoms with Crippen LogP contribution in [0.4, 0.5) is 15.5 Å². The van der Waals surface area contributed by atoms with E-state index in [0.717, 1.165) is 42.7 Å². The smallest absolute Gasteiger partial charge is 0.324 e. The minimum absolute atomic E-state index is 0.253. The highest BCUT2D eigenvalue weighted by atomic mass is 35.5. The summed E-state index contributed by atoms with van der Waals surface area (Å²) in [6.07, 6.45) is 5.04. The first kappa shape index (κ1) is 21.6. The van der Waals surface area contributed by atoms with Crippen molar-refractivity contribution in [3.8, 4) is 0 Å². The molecule has 1 aromatic heterocycles. The molecule has 1 atom stereocenters. The number of benzene rings is 1. The molecule has 1 saturated heterocycles. The van der Waals surface area contributed by atoms with E-state index < -0.39 is 11.9 Å². The number of amides is 3. The average Bonchev–Trinajstić information content (AvgIpc) is 3.02. The van der Waals surface area contributed by atoms with Crippen molar-refractivity contribution in [1.29, 1.82) is 0 Å². The molecule has 0 saturated carbocycles. The van der Waals surface area contributed by atoms with Crippen LogP contribution in [0.15, 0.2) is 24.3 Å². The Morgan fingerprint density at radius 3 is 2.59 bits per heavy atom. The van der Waals surface area contributed by atoms with Crippen LogP contribution in [0.25, 0.3) is 0 Å². The number of thiophene rings is 1. The lowest BCUT2D eigenvalue weighted by molar-refractivity contribution is 0.100. The van der Waals surface area contributed by atoms with Crippen molar-refractivity contribution in [2.24, 2.45) is 5.73 Å². The predicted octanol–water partition coefficient (Wildman–Crippen LogP) is 5.25. The average molecular weight is 435 g/mol. The normalized spacial score (nSPS) is 17.1. The summed E-state index contributed by atoms with van der Waals surface area (Å²) in [7, 11) is 2.11. The number of rotatable bonds is 6. The number of primary amides is 1. The zero-order chi connectivity index (χ0) is 21.0. The number of urea groups is 1. The third kappa shape index (κ3) is 5.10. The molecule has 0 spiro atoms. The second kappa shape index (κ2) is 9.61. The highest BCUT2D eigenvalue weighted by Gasteiger charge is 2.30. The molecule has 1 fully saturated rings. The summed E-state index contributed by atoms with van der Waals surface area (Å²) in [5.74, 6) is -0.504. The maximum Gasteiger partial charge on any atom is 0.324 e. The fourth-order valence-corrected chi connectivity index (χ4v) is 5.38. The van der Waals surface area contributed by atoms with Crippen molar-refractivity contribution in [3.05, 3.63) is 45.3 Å². The predicted molar refractivity (Wildman–Crippen MR) is 120 cm³/mol. The Hall–Kier alpha value is -2.09. The number of hydrogen-bond donors (Lipinski definition) is 3. The first-order chi connectivity index (χ1) is 13.9. The van der Waals surface area contributed by atoms with E-state index in [0.29, 0.717) is 21.3 Å². The molecule has 6 nitrogen and oxygen atoms in total. The Labute approximate surface area is 180 Å². The molecule has 1 aliphatic heterocycles. The lowest BCUT2D eigenvalue weighted by Crippen LogP contribution is -2.29. The third-order valence-corrected chi connectivity index (χ3v) is 6.69. The number of carbonyl (C=O) groups is 2. The van der Waals surface area contributed by atoms with E-state index in [9.17, 15) is 9.59 Å². The number of halogens is 1. The van der Waals surface area contributed by atoms with Gasteiger partial charge in [0, 0.05) is 21.6 Å². The van der Waals surface area contributed by atoms with E-state index in [1.54, 1.807) is 24.3 Å². The number of carbonyl (C=O) groups excluding carboxylic acids is 2. The minimum Gasteiger partial charge on any atom is -0.365 e. The quantitative estimate of drug-likeness (QED) is 0.579. The van der Waals surface area contributed by atoms with Crippen LogP contribution in [0.2, 0.25) is 5.02 Å². The van der Waals surface area contributed by atoms with Crippen LogP contribution >= 0.6 is 22.9 Å². The molecule has 4 N–H and O–H groups in total. The molecule has 156 valence electrons. The molecule has 3 amide bonds. The van der Waals surface area contributed by atoms with Crippen molar-refractivity contribution < 1.29 is 9.59 Å². The maximum atomic E-state index is 12.5. The van der Waals surface area contributed by atoms with Gasteiger partial charge in [-0.25, -0.2) is 4.79 Å². The number of nitrogens with zero attached hydrogens (tertiary/aromatic N) is 1. The maximum absolute atomic E-state index is 12.5. The topological polar surface area (TPSA) is 87.5 Å². The van der Waals surface area contributed by atoms with Crippen LogP contribution in [-0.2, 0) is 6.42 Å². The SMILES string of the molecule is CCCc1c(C2CCCCN2C)sc(NC(=O)Nc2ccc(Cl)cc2)c1C(N)=O. The monoisotopic (exact) mass is 434 g/mol. The van der Waals surface area contributed by atoms with Gasteiger partial charge in [0.2, 0.25) is 0 Å². The molecular formula is C21H27ClN4O2S. The molecular weight excluding hydrogens is 408 g/mol. The molecule has 29 heavy (non-hydrogen) atoms. The molecule has 1 unspecified atom stereocenters. The van der Waals surface area contributed by atoms with Gasteiger partial charge in [-0.2, -0.15) is 0 Å². The molecule has 0 aliphatic carbocycles. The summed E-state index contributed by atoms with van der Waals surface area (Å²) in [6.45, 7) is 3.11. The Kier molecular flexibility index (Phi) is 7.16. The van der Waals surface area contributed by atoms with Gasteiger partial charge in [-0.15, -0.1) is 11.3 Å². The second-order valence-corrected chi connectivity index (χ2v) is 8.83. The van der Waals surface area contributed by atoms with E-state index in [1.165, 1.54) is 17.8 Å². The standard InChI is InChI=1S/C21H27ClN4O2S/c1-3-6-15-17(19(23)27)20(29-18(15)16-7-4-5-12-26(16)2)25-21(28)24-14-10-8-13(22)9-11-14/h8-11,16H,3-7,12H2,1-2H3,(H2,23,27)(H2,24,25,28). The van der Waals surface area contributed by atoms with Gasteiger partial charge in [0.1, 0.15) is 5.00 Å². The molecule has 1 aromatic carbocycles. The molecule has 0 bridgehead atoms. The Morgan fingerprint density at radius 1 is 1.24 bits per heavy atom. The lowest BCUT2D eigenvalue weighted by atomic mass is 9.95. The molecule has 2 heterocycles. The summed E-state index contributed by atoms with van der Waals surface area (Å²) in [6, 6.07) is 6.68. The van der Waals surface area contributed by atoms with Crippen molar-refractivity contribution >= 4 is 45.6 Å². The largest absolute Gasteiger partial charge is 0.365 e. The Morgan fingerprint density at radius 2 is 1.97 bits per heavy atom. The fraction of sp³-hybridized carbons (Fsp3) is 0.429. The van der Waals surface area contributed by atoms with E-state index in [-0.39, 0.29) is 6.04 Å². The highest BCUT2D eigenvalue weighted by molar-refractivity contribution is 7.17. The van der Waals surface area contributed by atoms with E-state index in [4.69, 9.17) is 17.3 Å².